The Bertz CT molecular complexity index is 549. The molecule has 0 bridgehead atoms. The first-order chi connectivity index (χ1) is 9.52. The summed E-state index contributed by atoms with van der Waals surface area (Å²) >= 11 is 0. The highest BCUT2D eigenvalue weighted by molar-refractivity contribution is 6.03. The number of benzene rings is 1. The minimum Gasteiger partial charge on any atom is -0.493 e. The molecule has 0 saturated carbocycles. The van der Waals surface area contributed by atoms with Crippen LogP contribution >= 0.6 is 0 Å². The van der Waals surface area contributed by atoms with Crippen LogP contribution in [0.25, 0.3) is 0 Å². The van der Waals surface area contributed by atoms with Gasteiger partial charge >= 0.3 is 0 Å². The van der Waals surface area contributed by atoms with E-state index in [1.54, 1.807) is 24.1 Å². The fourth-order valence-electron chi connectivity index (χ4n) is 2.53. The van der Waals surface area contributed by atoms with Crippen molar-refractivity contribution in [2.45, 2.75) is 32.3 Å². The zero-order chi connectivity index (χ0) is 14.9. The zero-order valence-electron chi connectivity index (χ0n) is 12.2. The number of ether oxygens (including phenoxy) is 2. The molecule has 5 nitrogen and oxygen atoms in total. The Morgan fingerprint density at radius 3 is 2.50 bits per heavy atom. The van der Waals surface area contributed by atoms with Crippen molar-refractivity contribution in [3.05, 3.63) is 17.7 Å². The Morgan fingerprint density at radius 2 is 2.00 bits per heavy atom. The second-order valence-corrected chi connectivity index (χ2v) is 4.86. The molecule has 0 unspecified atom stereocenters. The molecule has 20 heavy (non-hydrogen) atoms. The van der Waals surface area contributed by atoms with Crippen LogP contribution in [0.3, 0.4) is 0 Å². The summed E-state index contributed by atoms with van der Waals surface area (Å²) in [6.45, 7) is 3.85. The third kappa shape index (κ3) is 1.94. The number of nitrogens with zero attached hydrogens (tertiary/aromatic N) is 1. The van der Waals surface area contributed by atoms with Crippen LogP contribution in [-0.2, 0) is 4.79 Å². The molecule has 1 aromatic carbocycles. The number of fused-ring (bicyclic) bond motifs is 1. The van der Waals surface area contributed by atoms with E-state index in [1.165, 1.54) is 7.11 Å². The van der Waals surface area contributed by atoms with E-state index < -0.39 is 5.60 Å². The summed E-state index contributed by atoms with van der Waals surface area (Å²) in [6, 6.07) is 3.25. The van der Waals surface area contributed by atoms with Crippen molar-refractivity contribution in [3.8, 4) is 11.5 Å². The molecule has 1 amide bonds. The van der Waals surface area contributed by atoms with Gasteiger partial charge in [-0.2, -0.15) is 0 Å². The smallest absolute Gasteiger partial charge is 0.270 e. The van der Waals surface area contributed by atoms with Gasteiger partial charge in [-0.25, -0.2) is 0 Å². The summed E-state index contributed by atoms with van der Waals surface area (Å²) in [6.07, 6.45) is 1.87. The van der Waals surface area contributed by atoms with Crippen LogP contribution in [-0.4, -0.2) is 32.0 Å². The molecule has 0 atom stereocenters. The monoisotopic (exact) mass is 277 g/mol. The molecule has 108 valence electrons. The Kier molecular flexibility index (Phi) is 3.70. The van der Waals surface area contributed by atoms with Gasteiger partial charge in [-0.05, 0) is 25.0 Å². The van der Waals surface area contributed by atoms with Crippen LogP contribution in [0.1, 0.15) is 37.0 Å². The first kappa shape index (κ1) is 14.4. The minimum absolute atomic E-state index is 0.0971. The van der Waals surface area contributed by atoms with Gasteiger partial charge in [-0.15, -0.1) is 0 Å². The molecule has 0 aliphatic carbocycles. The fourth-order valence-corrected chi connectivity index (χ4v) is 2.53. The maximum Gasteiger partial charge on any atom is 0.270 e. The van der Waals surface area contributed by atoms with Gasteiger partial charge in [-0.3, -0.25) is 9.59 Å². The van der Waals surface area contributed by atoms with Crippen LogP contribution in [0.5, 0.6) is 11.5 Å². The van der Waals surface area contributed by atoms with E-state index >= 15 is 0 Å². The van der Waals surface area contributed by atoms with E-state index in [-0.39, 0.29) is 5.91 Å². The molecule has 0 aromatic heterocycles. The van der Waals surface area contributed by atoms with Crippen molar-refractivity contribution in [2.24, 2.45) is 0 Å². The maximum absolute atomic E-state index is 12.5. The van der Waals surface area contributed by atoms with Crippen LogP contribution in [0.2, 0.25) is 0 Å². The van der Waals surface area contributed by atoms with Gasteiger partial charge in [0.1, 0.15) is 6.29 Å². The highest BCUT2D eigenvalue weighted by Gasteiger charge is 2.45. The number of likely N-dealkylation sites (N-methyl/N-ethyl adjacent to an activating group) is 1. The van der Waals surface area contributed by atoms with Crippen molar-refractivity contribution in [1.82, 2.24) is 0 Å². The summed E-state index contributed by atoms with van der Waals surface area (Å²) in [5.74, 6) is 0.888. The molecular formula is C15H19NO4. The predicted octanol–water partition coefficient (Wildman–Crippen LogP) is 2.42. The molecule has 1 aromatic rings. The highest BCUT2D eigenvalue weighted by atomic mass is 16.5. The quantitative estimate of drug-likeness (QED) is 0.793. The summed E-state index contributed by atoms with van der Waals surface area (Å²) in [5.41, 5.74) is 0.149. The number of hydrogen-bond donors (Lipinski definition) is 0. The molecule has 0 radical (unpaired) electrons. The van der Waals surface area contributed by atoms with Gasteiger partial charge in [0.2, 0.25) is 0 Å². The molecule has 0 saturated heterocycles. The molecular weight excluding hydrogens is 258 g/mol. The Morgan fingerprint density at radius 1 is 1.35 bits per heavy atom. The zero-order valence-corrected chi connectivity index (χ0v) is 12.2. The third-order valence-electron chi connectivity index (χ3n) is 3.91. The van der Waals surface area contributed by atoms with Crippen LogP contribution in [0.4, 0.5) is 5.69 Å². The molecule has 5 heteroatoms. The molecule has 1 aliphatic heterocycles. The largest absolute Gasteiger partial charge is 0.493 e. The molecule has 0 spiro atoms. The summed E-state index contributed by atoms with van der Waals surface area (Å²) in [5, 5.41) is 0. The first-order valence-electron chi connectivity index (χ1n) is 6.67. The van der Waals surface area contributed by atoms with Crippen molar-refractivity contribution in [2.75, 3.05) is 19.1 Å². The maximum atomic E-state index is 12.5. The van der Waals surface area contributed by atoms with Crippen LogP contribution < -0.4 is 14.4 Å². The molecule has 1 aliphatic rings. The number of amides is 1. The van der Waals surface area contributed by atoms with Gasteiger partial charge in [0.05, 0.1) is 12.8 Å². The molecule has 0 N–H and O–H groups in total. The second-order valence-electron chi connectivity index (χ2n) is 4.86. The van der Waals surface area contributed by atoms with Gasteiger partial charge < -0.3 is 14.4 Å². The topological polar surface area (TPSA) is 55.8 Å². The number of carbonyl (C=O) groups is 2. The van der Waals surface area contributed by atoms with Crippen molar-refractivity contribution < 1.29 is 19.1 Å². The van der Waals surface area contributed by atoms with Gasteiger partial charge in [0.25, 0.3) is 5.91 Å². The molecule has 2 rings (SSSR count). The number of carbonyl (C=O) groups excluding carboxylic acids is 2. The molecule has 1 heterocycles. The van der Waals surface area contributed by atoms with Crippen molar-refractivity contribution >= 4 is 17.9 Å². The lowest BCUT2D eigenvalue weighted by molar-refractivity contribution is -0.136. The number of anilines is 1. The Hall–Kier alpha value is -2.04. The summed E-state index contributed by atoms with van der Waals surface area (Å²) in [4.78, 5) is 25.1. The van der Waals surface area contributed by atoms with Gasteiger partial charge in [0, 0.05) is 12.6 Å². The van der Waals surface area contributed by atoms with E-state index in [0.717, 1.165) is 6.29 Å². The van der Waals surface area contributed by atoms with Gasteiger partial charge in [-0.1, -0.05) is 13.8 Å². The van der Waals surface area contributed by atoms with E-state index in [2.05, 4.69) is 0 Å². The fraction of sp³-hybridized carbons (Fsp3) is 0.467. The number of rotatable bonds is 4. The highest BCUT2D eigenvalue weighted by Crippen LogP contribution is 2.46. The normalized spacial score (nSPS) is 16.4. The second kappa shape index (κ2) is 5.15. The van der Waals surface area contributed by atoms with Crippen LogP contribution in [0, 0.1) is 0 Å². The molecule has 0 fully saturated rings. The van der Waals surface area contributed by atoms with Crippen molar-refractivity contribution in [1.29, 1.82) is 0 Å². The number of aldehydes is 1. The minimum atomic E-state index is -0.863. The first-order valence-corrected chi connectivity index (χ1v) is 6.67. The summed E-state index contributed by atoms with van der Waals surface area (Å²) in [7, 11) is 3.21. The average molecular weight is 277 g/mol. The van der Waals surface area contributed by atoms with Crippen LogP contribution in [0.15, 0.2) is 12.1 Å². The standard InChI is InChI=1S/C15H19NO4/c1-5-15(6-2)14(18)16(3)11-7-10(9-17)8-12(19-4)13(11)20-15/h7-9H,5-6H2,1-4H3. The Balaban J connectivity index is 2.65. The Labute approximate surface area is 118 Å². The lowest BCUT2D eigenvalue weighted by atomic mass is 9.92. The van der Waals surface area contributed by atoms with E-state index in [1.807, 2.05) is 13.8 Å². The van der Waals surface area contributed by atoms with Gasteiger partial charge in [0.15, 0.2) is 17.1 Å². The third-order valence-corrected chi connectivity index (χ3v) is 3.91. The van der Waals surface area contributed by atoms with E-state index in [4.69, 9.17) is 9.47 Å². The van der Waals surface area contributed by atoms with E-state index in [0.29, 0.717) is 35.6 Å². The lowest BCUT2D eigenvalue weighted by Crippen LogP contribution is -2.54. The SMILES string of the molecule is CCC1(CC)Oc2c(OC)cc(C=O)cc2N(C)C1=O. The lowest BCUT2D eigenvalue weighted by Gasteiger charge is -2.41. The average Bonchev–Trinajstić information content (AvgIpc) is 2.50. The number of methoxy groups -OCH3 is 1. The van der Waals surface area contributed by atoms with E-state index in [9.17, 15) is 9.59 Å². The van der Waals surface area contributed by atoms with Crippen molar-refractivity contribution in [3.63, 3.8) is 0 Å². The number of hydrogen-bond acceptors (Lipinski definition) is 4. The predicted molar refractivity (Wildman–Crippen MR) is 75.7 cm³/mol. The summed E-state index contributed by atoms with van der Waals surface area (Å²) < 4.78 is 11.3.